The number of allylic oxidation sites excluding steroid dienone is 1. The van der Waals surface area contributed by atoms with Crippen molar-refractivity contribution in [1.29, 1.82) is 0 Å². The zero-order valence-electron chi connectivity index (χ0n) is 16.4. The molecule has 1 amide bonds. The molecule has 28 heavy (non-hydrogen) atoms. The van der Waals surface area contributed by atoms with Crippen LogP contribution in [0.4, 0.5) is 0 Å². The van der Waals surface area contributed by atoms with E-state index in [9.17, 15) is 9.90 Å². The highest BCUT2D eigenvalue weighted by Crippen LogP contribution is 2.43. The molecule has 2 aromatic rings. The van der Waals surface area contributed by atoms with Gasteiger partial charge in [0.25, 0.3) is 5.91 Å². The predicted molar refractivity (Wildman–Crippen MR) is 112 cm³/mol. The Hall–Kier alpha value is -2.65. The van der Waals surface area contributed by atoms with E-state index in [1.165, 1.54) is 5.56 Å². The van der Waals surface area contributed by atoms with Crippen molar-refractivity contribution in [1.82, 2.24) is 4.90 Å². The molecule has 0 spiro atoms. The maximum atomic E-state index is 13.1. The number of benzene rings is 2. The smallest absolute Gasteiger partial charge is 0.256 e. The van der Waals surface area contributed by atoms with Crippen molar-refractivity contribution in [3.63, 3.8) is 0 Å². The van der Waals surface area contributed by atoms with Gasteiger partial charge in [0.2, 0.25) is 0 Å². The summed E-state index contributed by atoms with van der Waals surface area (Å²) in [6.45, 7) is 2.54. The van der Waals surface area contributed by atoms with Crippen LogP contribution in [0.1, 0.15) is 44.6 Å². The Bertz CT molecular complexity index is 911. The molecule has 0 aromatic heterocycles. The van der Waals surface area contributed by atoms with Crippen LogP contribution in [0.15, 0.2) is 77.9 Å². The number of unbranched alkanes of at least 4 members (excludes halogenated alkanes) is 1. The lowest BCUT2D eigenvalue weighted by molar-refractivity contribution is -0.145. The van der Waals surface area contributed by atoms with Crippen LogP contribution in [-0.2, 0) is 11.3 Å². The van der Waals surface area contributed by atoms with Crippen LogP contribution in [0.5, 0.6) is 0 Å². The fourth-order valence-corrected chi connectivity index (χ4v) is 4.28. The van der Waals surface area contributed by atoms with Gasteiger partial charge in [0.1, 0.15) is 0 Å². The normalized spacial score (nSPS) is 21.4. The quantitative estimate of drug-likeness (QED) is 0.754. The Morgan fingerprint density at radius 1 is 1.04 bits per heavy atom. The van der Waals surface area contributed by atoms with Crippen molar-refractivity contribution in [2.45, 2.75) is 51.3 Å². The Morgan fingerprint density at radius 2 is 1.75 bits per heavy atom. The highest BCUT2D eigenvalue weighted by atomic mass is 16.3. The van der Waals surface area contributed by atoms with Gasteiger partial charge in [-0.3, -0.25) is 4.79 Å². The molecule has 0 bridgehead atoms. The number of hydrogen-bond donors (Lipinski definition) is 1. The number of hydrogen-bond acceptors (Lipinski definition) is 2. The van der Waals surface area contributed by atoms with E-state index in [1.54, 1.807) is 4.90 Å². The minimum atomic E-state index is -1.15. The molecular formula is C25H27NO2. The van der Waals surface area contributed by atoms with Crippen molar-refractivity contribution in [2.75, 3.05) is 0 Å². The molecule has 0 saturated carbocycles. The summed E-state index contributed by atoms with van der Waals surface area (Å²) in [6, 6.07) is 18.5. The fraction of sp³-hybridized carbons (Fsp3) is 0.320. The van der Waals surface area contributed by atoms with Gasteiger partial charge < -0.3 is 10.0 Å². The van der Waals surface area contributed by atoms with E-state index in [2.05, 4.69) is 43.3 Å². The van der Waals surface area contributed by atoms with Crippen molar-refractivity contribution in [3.05, 3.63) is 83.5 Å². The number of amides is 1. The van der Waals surface area contributed by atoms with E-state index in [-0.39, 0.29) is 5.91 Å². The zero-order chi connectivity index (χ0) is 19.6. The van der Waals surface area contributed by atoms with Gasteiger partial charge in [0, 0.05) is 12.1 Å². The van der Waals surface area contributed by atoms with Crippen molar-refractivity contribution in [3.8, 4) is 11.1 Å². The van der Waals surface area contributed by atoms with Crippen LogP contribution in [0, 0.1) is 0 Å². The van der Waals surface area contributed by atoms with E-state index in [1.807, 2.05) is 30.4 Å². The van der Waals surface area contributed by atoms with Gasteiger partial charge in [-0.25, -0.2) is 0 Å². The lowest BCUT2D eigenvalue weighted by Gasteiger charge is -2.36. The van der Waals surface area contributed by atoms with Crippen LogP contribution in [0.25, 0.3) is 11.1 Å². The van der Waals surface area contributed by atoms with Gasteiger partial charge in [0.05, 0.1) is 0 Å². The molecule has 1 unspecified atom stereocenters. The monoisotopic (exact) mass is 373 g/mol. The molecule has 1 atom stereocenters. The summed E-state index contributed by atoms with van der Waals surface area (Å²) in [6.07, 6.45) is 8.08. The number of carbonyl (C=O) groups excluding carboxylic acids is 1. The van der Waals surface area contributed by atoms with Gasteiger partial charge >= 0.3 is 0 Å². The summed E-state index contributed by atoms with van der Waals surface area (Å²) >= 11 is 0. The largest absolute Gasteiger partial charge is 0.367 e. The third-order valence-corrected chi connectivity index (χ3v) is 5.86. The lowest BCUT2D eigenvalue weighted by atomic mass is 9.89. The fourth-order valence-electron chi connectivity index (χ4n) is 4.28. The van der Waals surface area contributed by atoms with Crippen LogP contribution in [0.3, 0.4) is 0 Å². The van der Waals surface area contributed by atoms with Crippen molar-refractivity contribution in [2.24, 2.45) is 0 Å². The summed E-state index contributed by atoms with van der Waals surface area (Å²) in [5.74, 6) is -0.0447. The predicted octanol–water partition coefficient (Wildman–Crippen LogP) is 5.22. The van der Waals surface area contributed by atoms with Gasteiger partial charge in [-0.2, -0.15) is 0 Å². The summed E-state index contributed by atoms with van der Waals surface area (Å²) in [5, 5.41) is 11.6. The molecule has 3 heteroatoms. The highest BCUT2D eigenvalue weighted by molar-refractivity contribution is 6.01. The average molecular weight is 373 g/mol. The molecule has 1 aliphatic carbocycles. The molecule has 4 rings (SSSR count). The van der Waals surface area contributed by atoms with E-state index >= 15 is 0 Å². The topological polar surface area (TPSA) is 40.5 Å². The summed E-state index contributed by atoms with van der Waals surface area (Å²) in [4.78, 5) is 14.7. The number of nitrogens with zero attached hydrogens (tertiary/aromatic N) is 1. The average Bonchev–Trinajstić information content (AvgIpc) is 2.96. The summed E-state index contributed by atoms with van der Waals surface area (Å²) < 4.78 is 0. The van der Waals surface area contributed by atoms with Gasteiger partial charge in [-0.1, -0.05) is 80.1 Å². The Labute approximate surface area is 167 Å². The molecule has 0 fully saturated rings. The first-order valence-corrected chi connectivity index (χ1v) is 10.2. The third kappa shape index (κ3) is 3.31. The second kappa shape index (κ2) is 7.76. The Balaban J connectivity index is 1.59. The van der Waals surface area contributed by atoms with Gasteiger partial charge in [-0.05, 0) is 47.9 Å². The Kier molecular flexibility index (Phi) is 5.19. The lowest BCUT2D eigenvalue weighted by Crippen LogP contribution is -2.47. The minimum Gasteiger partial charge on any atom is -0.367 e. The SMILES string of the molecule is CCCCC1(O)C2=C(C=CCC2)C(=O)N1Cc1ccc(-c2ccccc2)cc1. The van der Waals surface area contributed by atoms with Crippen molar-refractivity contribution < 1.29 is 9.90 Å². The second-order valence-electron chi connectivity index (χ2n) is 7.71. The third-order valence-electron chi connectivity index (χ3n) is 5.86. The van der Waals surface area contributed by atoms with Crippen LogP contribution < -0.4 is 0 Å². The number of carbonyl (C=O) groups is 1. The number of aliphatic hydroxyl groups is 1. The van der Waals surface area contributed by atoms with E-state index in [4.69, 9.17) is 0 Å². The van der Waals surface area contributed by atoms with Gasteiger partial charge in [0.15, 0.2) is 5.72 Å². The summed E-state index contributed by atoms with van der Waals surface area (Å²) in [7, 11) is 0. The molecule has 1 heterocycles. The van der Waals surface area contributed by atoms with Crippen LogP contribution in [0.2, 0.25) is 0 Å². The molecule has 0 radical (unpaired) electrons. The minimum absolute atomic E-state index is 0.0447. The molecular weight excluding hydrogens is 346 g/mol. The summed E-state index contributed by atoms with van der Waals surface area (Å²) in [5.41, 5.74) is 3.82. The van der Waals surface area contributed by atoms with E-state index in [0.29, 0.717) is 18.5 Å². The first kappa shape index (κ1) is 18.7. The van der Waals surface area contributed by atoms with Gasteiger partial charge in [-0.15, -0.1) is 0 Å². The first-order chi connectivity index (χ1) is 13.6. The molecule has 2 aliphatic rings. The molecule has 144 valence electrons. The highest BCUT2D eigenvalue weighted by Gasteiger charge is 2.49. The Morgan fingerprint density at radius 3 is 2.46 bits per heavy atom. The maximum Gasteiger partial charge on any atom is 0.256 e. The molecule has 0 saturated heterocycles. The first-order valence-electron chi connectivity index (χ1n) is 10.2. The molecule has 3 nitrogen and oxygen atoms in total. The molecule has 1 aliphatic heterocycles. The molecule has 2 aromatic carbocycles. The van der Waals surface area contributed by atoms with Crippen molar-refractivity contribution >= 4 is 5.91 Å². The standard InChI is InChI=1S/C25H27NO2/c1-2-3-17-25(28)23-12-8-7-11-22(23)24(27)26(25)18-19-13-15-21(16-14-19)20-9-5-4-6-10-20/h4-7,9-11,13-16,28H,2-3,8,12,17-18H2,1H3. The second-order valence-corrected chi connectivity index (χ2v) is 7.71. The van der Waals surface area contributed by atoms with Crippen LogP contribution in [-0.4, -0.2) is 21.6 Å². The van der Waals surface area contributed by atoms with Crippen LogP contribution >= 0.6 is 0 Å². The number of rotatable bonds is 6. The maximum absolute atomic E-state index is 13.1. The molecule has 1 N–H and O–H groups in total. The van der Waals surface area contributed by atoms with E-state index < -0.39 is 5.72 Å². The zero-order valence-corrected chi connectivity index (χ0v) is 16.4. The van der Waals surface area contributed by atoms with E-state index in [0.717, 1.165) is 42.4 Å².